The summed E-state index contributed by atoms with van der Waals surface area (Å²) < 4.78 is 5.10. The fourth-order valence-electron chi connectivity index (χ4n) is 13.4. The maximum Gasteiger partial charge on any atom is 0.0626 e. The number of aromatic nitrogens is 2. The van der Waals surface area contributed by atoms with Gasteiger partial charge in [-0.1, -0.05) is 191 Å². The molecule has 4 heterocycles. The van der Waals surface area contributed by atoms with E-state index in [9.17, 15) is 0 Å². The summed E-state index contributed by atoms with van der Waals surface area (Å²) in [7, 11) is 0. The Bertz CT molecular complexity index is 5280. The van der Waals surface area contributed by atoms with Gasteiger partial charge in [-0.3, -0.25) is 0 Å². The van der Waals surface area contributed by atoms with Crippen LogP contribution in [0.3, 0.4) is 0 Å². The van der Waals surface area contributed by atoms with E-state index in [0.717, 1.165) is 0 Å². The lowest BCUT2D eigenvalue weighted by Crippen LogP contribution is -2.10. The lowest BCUT2D eigenvalue weighted by Gasteiger charge is -2.19. The Hall–Kier alpha value is -9.50. The smallest absolute Gasteiger partial charge is 0.0626 e. The van der Waals surface area contributed by atoms with Gasteiger partial charge in [0.15, 0.2) is 0 Å². The molecule has 0 unspecified atom stereocenters. The van der Waals surface area contributed by atoms with Crippen molar-refractivity contribution in [2.75, 3.05) is 0 Å². The second-order valence-corrected chi connectivity index (χ2v) is 22.5. The molecule has 13 aromatic carbocycles. The Kier molecular flexibility index (Phi) is 8.31. The van der Waals surface area contributed by atoms with Crippen LogP contribution in [0.25, 0.3) is 164 Å². The minimum absolute atomic E-state index is 0.110. The first-order valence-electron chi connectivity index (χ1n) is 26.7. The van der Waals surface area contributed by atoms with E-state index in [-0.39, 0.29) is 5.41 Å². The first-order valence-corrected chi connectivity index (χ1v) is 26.7. The molecule has 0 radical (unpaired) electrons. The predicted octanol–water partition coefficient (Wildman–Crippen LogP) is 20.6. The second-order valence-electron chi connectivity index (χ2n) is 22.5. The number of benzene rings is 13. The van der Waals surface area contributed by atoms with Gasteiger partial charge in [0.05, 0.1) is 33.1 Å². The van der Waals surface area contributed by atoms with Crippen LogP contribution in [-0.4, -0.2) is 8.80 Å². The van der Waals surface area contributed by atoms with E-state index in [1.807, 2.05) is 0 Å². The van der Waals surface area contributed by atoms with Crippen molar-refractivity contribution < 1.29 is 0 Å². The third-order valence-corrected chi connectivity index (χ3v) is 17.2. The van der Waals surface area contributed by atoms with Gasteiger partial charge in [-0.05, 0) is 165 Å². The molecular weight excluding hydrogens is 917 g/mol. The minimum Gasteiger partial charge on any atom is -0.308 e. The Balaban J connectivity index is 0.834. The zero-order valence-corrected chi connectivity index (χ0v) is 42.4. The average Bonchev–Trinajstić information content (AvgIpc) is 4.36. The molecule has 0 N–H and O–H groups in total. The zero-order chi connectivity index (χ0) is 50.1. The standard InChI is InChI=1S/C74H48N2/c1-74(2,3)58-28-26-46(27-29-58)50-21-23-52-37-66-70(42-57(52)33-50)76-68-39-48-13-8-7-12-47(48)35-64(68)62-31-30-59(71(66)73(62)76)54-25-24-53-40-67-65(38-55(53)34-54)61-15-9-14-60-63-36-51-22-20-49(32-56(51)41-69(63)75(67)72(60)61)45-18-16-44(17-19-45)43-10-5-4-6-11-43/h4-42H,1-3H3. The van der Waals surface area contributed by atoms with Crippen LogP contribution in [0.4, 0.5) is 0 Å². The van der Waals surface area contributed by atoms with Crippen LogP contribution in [0, 0.1) is 0 Å². The SMILES string of the molecule is CC(C)(C)c1ccc(-c2ccc3cc4c5c(-c6ccc7cc8c(cc7c6)c6cccc7c9cc%10ccc(-c%11ccc(-c%12ccccc%12)cc%11)cc%10cc9n8c67)ccc6c7cc8ccccc8cc7n(c4cc3c2)c65)cc1. The van der Waals surface area contributed by atoms with Crippen molar-refractivity contribution in [3.63, 3.8) is 0 Å². The summed E-state index contributed by atoms with van der Waals surface area (Å²) in [6, 6.07) is 89.7. The van der Waals surface area contributed by atoms with E-state index < -0.39 is 0 Å². The van der Waals surface area contributed by atoms with Gasteiger partial charge in [0, 0.05) is 43.1 Å². The minimum atomic E-state index is 0.110. The van der Waals surface area contributed by atoms with Gasteiger partial charge < -0.3 is 8.80 Å². The molecule has 0 aliphatic rings. The molecule has 0 bridgehead atoms. The first kappa shape index (κ1) is 41.9. The maximum atomic E-state index is 2.57. The third kappa shape index (κ3) is 5.93. The molecule has 0 amide bonds. The highest BCUT2D eigenvalue weighted by Gasteiger charge is 2.24. The summed E-state index contributed by atoms with van der Waals surface area (Å²) in [5.41, 5.74) is 18.9. The van der Waals surface area contributed by atoms with Crippen molar-refractivity contribution in [1.29, 1.82) is 0 Å². The quantitative estimate of drug-likeness (QED) is 0.166. The van der Waals surface area contributed by atoms with E-state index >= 15 is 0 Å². The van der Waals surface area contributed by atoms with E-state index in [0.29, 0.717) is 0 Å². The zero-order valence-electron chi connectivity index (χ0n) is 42.4. The molecule has 0 fully saturated rings. The molecule has 2 heteroatoms. The second kappa shape index (κ2) is 15.1. The number of nitrogens with zero attached hydrogens (tertiary/aromatic N) is 2. The Morgan fingerprint density at radius 2 is 0.645 bits per heavy atom. The van der Waals surface area contributed by atoms with Crippen molar-refractivity contribution in [2.24, 2.45) is 0 Å². The summed E-state index contributed by atoms with van der Waals surface area (Å²) in [5, 5.41) is 20.4. The lowest BCUT2D eigenvalue weighted by atomic mass is 9.86. The molecule has 17 rings (SSSR count). The third-order valence-electron chi connectivity index (χ3n) is 17.2. The van der Waals surface area contributed by atoms with Gasteiger partial charge in [0.1, 0.15) is 0 Å². The number of fused-ring (bicyclic) bond motifs is 16. The van der Waals surface area contributed by atoms with Crippen LogP contribution in [0.2, 0.25) is 0 Å². The number of hydrogen-bond acceptors (Lipinski definition) is 0. The normalized spacial score (nSPS) is 12.7. The van der Waals surface area contributed by atoms with Crippen molar-refractivity contribution in [3.8, 4) is 44.5 Å². The average molecular weight is 965 g/mol. The van der Waals surface area contributed by atoms with Gasteiger partial charge in [0.2, 0.25) is 0 Å². The molecule has 0 saturated heterocycles. The molecular formula is C74H48N2. The van der Waals surface area contributed by atoms with Gasteiger partial charge in [0.25, 0.3) is 0 Å². The van der Waals surface area contributed by atoms with E-state index in [1.165, 1.54) is 169 Å². The van der Waals surface area contributed by atoms with Crippen LogP contribution in [0.1, 0.15) is 26.3 Å². The van der Waals surface area contributed by atoms with Crippen LogP contribution >= 0.6 is 0 Å². The van der Waals surface area contributed by atoms with Crippen molar-refractivity contribution in [1.82, 2.24) is 8.80 Å². The summed E-state index contributed by atoms with van der Waals surface area (Å²) in [6.45, 7) is 6.84. The summed E-state index contributed by atoms with van der Waals surface area (Å²) in [5.74, 6) is 0. The molecule has 354 valence electrons. The Morgan fingerprint density at radius 3 is 1.25 bits per heavy atom. The number of para-hydroxylation sites is 1. The molecule has 17 aromatic rings. The van der Waals surface area contributed by atoms with Gasteiger partial charge in [-0.2, -0.15) is 0 Å². The summed E-state index contributed by atoms with van der Waals surface area (Å²) in [4.78, 5) is 0. The van der Waals surface area contributed by atoms with Gasteiger partial charge >= 0.3 is 0 Å². The molecule has 2 nitrogen and oxygen atoms in total. The highest BCUT2D eigenvalue weighted by Crippen LogP contribution is 2.48. The van der Waals surface area contributed by atoms with Crippen molar-refractivity contribution in [2.45, 2.75) is 26.2 Å². The van der Waals surface area contributed by atoms with Crippen molar-refractivity contribution in [3.05, 3.63) is 242 Å². The molecule has 0 saturated carbocycles. The van der Waals surface area contributed by atoms with E-state index in [1.54, 1.807) is 0 Å². The topological polar surface area (TPSA) is 8.82 Å². The van der Waals surface area contributed by atoms with Crippen LogP contribution in [0.5, 0.6) is 0 Å². The molecule has 0 spiro atoms. The molecule has 0 aliphatic heterocycles. The highest BCUT2D eigenvalue weighted by atomic mass is 14.9. The van der Waals surface area contributed by atoms with Gasteiger partial charge in [-0.15, -0.1) is 0 Å². The fourth-order valence-corrected chi connectivity index (χ4v) is 13.4. The molecule has 0 atom stereocenters. The monoisotopic (exact) mass is 964 g/mol. The maximum absolute atomic E-state index is 2.57. The van der Waals surface area contributed by atoms with E-state index in [4.69, 9.17) is 0 Å². The Labute approximate surface area is 438 Å². The summed E-state index contributed by atoms with van der Waals surface area (Å²) in [6.07, 6.45) is 0. The number of rotatable bonds is 4. The van der Waals surface area contributed by atoms with Crippen LogP contribution in [-0.2, 0) is 5.41 Å². The lowest BCUT2D eigenvalue weighted by molar-refractivity contribution is 0.590. The number of hydrogen-bond donors (Lipinski definition) is 0. The van der Waals surface area contributed by atoms with Crippen LogP contribution < -0.4 is 0 Å². The van der Waals surface area contributed by atoms with Crippen LogP contribution in [0.15, 0.2) is 237 Å². The first-order chi connectivity index (χ1) is 37.3. The van der Waals surface area contributed by atoms with Crippen molar-refractivity contribution >= 4 is 119 Å². The van der Waals surface area contributed by atoms with E-state index in [2.05, 4.69) is 266 Å². The largest absolute Gasteiger partial charge is 0.308 e. The van der Waals surface area contributed by atoms with Gasteiger partial charge in [-0.25, -0.2) is 0 Å². The predicted molar refractivity (Wildman–Crippen MR) is 326 cm³/mol. The fraction of sp³-hybridized carbons (Fsp3) is 0.0541. The molecule has 4 aromatic heterocycles. The molecule has 76 heavy (non-hydrogen) atoms. The summed E-state index contributed by atoms with van der Waals surface area (Å²) >= 11 is 0. The molecule has 0 aliphatic carbocycles. The highest BCUT2D eigenvalue weighted by molar-refractivity contribution is 6.30. The Morgan fingerprint density at radius 1 is 0.250 bits per heavy atom.